The number of rotatable bonds is 7. The molecule has 3 aromatic carbocycles. The monoisotopic (exact) mass is 446 g/mol. The number of hydrogen-bond acceptors (Lipinski definition) is 7. The zero-order valence-corrected chi connectivity index (χ0v) is 17.1. The fourth-order valence-electron chi connectivity index (χ4n) is 2.71. The first-order chi connectivity index (χ1) is 16.0. The van der Waals surface area contributed by atoms with Crippen molar-refractivity contribution in [2.24, 2.45) is 5.10 Å². The number of nitro benzene ring substituents is 1. The molecule has 0 spiro atoms. The van der Waals surface area contributed by atoms with Crippen LogP contribution < -0.4 is 15.5 Å². The number of para-hydroxylation sites is 2. The summed E-state index contributed by atoms with van der Waals surface area (Å²) in [5, 5.41) is 17.3. The lowest BCUT2D eigenvalue weighted by molar-refractivity contribution is -0.385. The van der Waals surface area contributed by atoms with E-state index >= 15 is 0 Å². The van der Waals surface area contributed by atoms with Crippen molar-refractivity contribution >= 4 is 29.7 Å². The van der Waals surface area contributed by atoms with Gasteiger partial charge in [-0.1, -0.05) is 54.6 Å². The first-order valence-corrected chi connectivity index (χ1v) is 9.65. The molecular weight excluding hydrogens is 428 g/mol. The second-order valence-electron chi connectivity index (χ2n) is 6.57. The van der Waals surface area contributed by atoms with E-state index in [1.165, 1.54) is 36.5 Å². The Labute approximate surface area is 188 Å². The molecule has 0 aliphatic heterocycles. The Balaban J connectivity index is 1.62. The van der Waals surface area contributed by atoms with Crippen LogP contribution in [-0.2, 0) is 16.1 Å². The van der Waals surface area contributed by atoms with Crippen LogP contribution >= 0.6 is 0 Å². The SMILES string of the molecule is O=C(NCc1ccccc1)C(=O)N/N=C/c1ccccc1OC(=O)c1ccccc1[N+](=O)[O-]. The third-order valence-corrected chi connectivity index (χ3v) is 4.31. The topological polar surface area (TPSA) is 140 Å². The van der Waals surface area contributed by atoms with Gasteiger partial charge in [0.15, 0.2) is 0 Å². The summed E-state index contributed by atoms with van der Waals surface area (Å²) in [5.41, 5.74) is 2.63. The van der Waals surface area contributed by atoms with Crippen molar-refractivity contribution in [1.82, 2.24) is 10.7 Å². The molecule has 0 radical (unpaired) electrons. The highest BCUT2D eigenvalue weighted by Gasteiger charge is 2.21. The summed E-state index contributed by atoms with van der Waals surface area (Å²) in [4.78, 5) is 46.7. The number of carbonyl (C=O) groups is 3. The average molecular weight is 446 g/mol. The van der Waals surface area contributed by atoms with Crippen molar-refractivity contribution in [3.8, 4) is 5.75 Å². The van der Waals surface area contributed by atoms with Gasteiger partial charge in [0, 0.05) is 18.2 Å². The molecule has 0 fully saturated rings. The fraction of sp³-hybridized carbons (Fsp3) is 0.0435. The Kier molecular flexibility index (Phi) is 7.58. The standard InChI is InChI=1S/C23H18N4O6/c28-21(24-14-16-8-2-1-3-9-16)22(29)26-25-15-17-10-4-7-13-20(17)33-23(30)18-11-5-6-12-19(18)27(31)32/h1-13,15H,14H2,(H,24,28)(H,26,29)/b25-15+. The molecule has 3 aromatic rings. The summed E-state index contributed by atoms with van der Waals surface area (Å²) in [5.74, 6) is -2.71. The molecule has 3 rings (SSSR count). The van der Waals surface area contributed by atoms with E-state index in [1.54, 1.807) is 30.3 Å². The Morgan fingerprint density at radius 1 is 0.909 bits per heavy atom. The number of amides is 2. The number of nitro groups is 1. The second kappa shape index (κ2) is 11.0. The van der Waals surface area contributed by atoms with Crippen LogP contribution in [0.15, 0.2) is 84.0 Å². The van der Waals surface area contributed by atoms with Gasteiger partial charge in [0.05, 0.1) is 11.1 Å². The van der Waals surface area contributed by atoms with Crippen LogP contribution in [0.1, 0.15) is 21.5 Å². The normalized spacial score (nSPS) is 10.4. The smallest absolute Gasteiger partial charge is 0.350 e. The van der Waals surface area contributed by atoms with Gasteiger partial charge >= 0.3 is 17.8 Å². The maximum Gasteiger partial charge on any atom is 0.350 e. The molecule has 10 nitrogen and oxygen atoms in total. The third-order valence-electron chi connectivity index (χ3n) is 4.31. The minimum absolute atomic E-state index is 0.0622. The van der Waals surface area contributed by atoms with Crippen LogP contribution in [-0.4, -0.2) is 28.9 Å². The van der Waals surface area contributed by atoms with Crippen LogP contribution in [0.3, 0.4) is 0 Å². The molecule has 33 heavy (non-hydrogen) atoms. The van der Waals surface area contributed by atoms with Crippen LogP contribution in [0.25, 0.3) is 0 Å². The zero-order valence-electron chi connectivity index (χ0n) is 17.1. The van der Waals surface area contributed by atoms with Gasteiger partial charge in [-0.05, 0) is 23.8 Å². The highest BCUT2D eigenvalue weighted by atomic mass is 16.6. The van der Waals surface area contributed by atoms with Gasteiger partial charge in [0.1, 0.15) is 11.3 Å². The number of nitrogens with zero attached hydrogens (tertiary/aromatic N) is 2. The molecule has 0 bridgehead atoms. The van der Waals surface area contributed by atoms with Crippen LogP contribution in [0, 0.1) is 10.1 Å². The maximum atomic E-state index is 12.5. The van der Waals surface area contributed by atoms with Crippen molar-refractivity contribution < 1.29 is 24.0 Å². The van der Waals surface area contributed by atoms with Gasteiger partial charge in [-0.2, -0.15) is 5.10 Å². The van der Waals surface area contributed by atoms with E-state index in [4.69, 9.17) is 4.74 Å². The minimum Gasteiger partial charge on any atom is -0.422 e. The Morgan fingerprint density at radius 3 is 2.33 bits per heavy atom. The van der Waals surface area contributed by atoms with Gasteiger partial charge < -0.3 is 10.1 Å². The number of carbonyl (C=O) groups excluding carboxylic acids is 3. The van der Waals surface area contributed by atoms with E-state index in [0.29, 0.717) is 5.56 Å². The molecule has 0 atom stereocenters. The first kappa shape index (κ1) is 22.8. The number of ether oxygens (including phenoxy) is 1. The first-order valence-electron chi connectivity index (χ1n) is 9.65. The Bertz CT molecular complexity index is 1210. The quantitative estimate of drug-likeness (QED) is 0.143. The van der Waals surface area contributed by atoms with Crippen LogP contribution in [0.5, 0.6) is 5.75 Å². The minimum atomic E-state index is -0.975. The maximum absolute atomic E-state index is 12.5. The predicted molar refractivity (Wildman–Crippen MR) is 119 cm³/mol. The number of hydrogen-bond donors (Lipinski definition) is 2. The van der Waals surface area contributed by atoms with E-state index in [1.807, 2.05) is 18.2 Å². The lowest BCUT2D eigenvalue weighted by Crippen LogP contribution is -2.37. The van der Waals surface area contributed by atoms with E-state index in [9.17, 15) is 24.5 Å². The molecule has 0 saturated heterocycles. The summed E-state index contributed by atoms with van der Waals surface area (Å²) >= 11 is 0. The number of nitrogens with one attached hydrogen (secondary N) is 2. The third kappa shape index (κ3) is 6.31. The molecule has 0 saturated carbocycles. The molecular formula is C23H18N4O6. The zero-order chi connectivity index (χ0) is 23.6. The largest absolute Gasteiger partial charge is 0.422 e. The van der Waals surface area contributed by atoms with E-state index in [2.05, 4.69) is 15.8 Å². The van der Waals surface area contributed by atoms with Crippen molar-refractivity contribution in [3.05, 3.63) is 106 Å². The molecule has 2 N–H and O–H groups in total. The van der Waals surface area contributed by atoms with Gasteiger partial charge in [-0.15, -0.1) is 0 Å². The van der Waals surface area contributed by atoms with E-state index < -0.39 is 22.7 Å². The summed E-state index contributed by atoms with van der Waals surface area (Å²) in [6.07, 6.45) is 1.18. The molecule has 10 heteroatoms. The highest BCUT2D eigenvalue weighted by Crippen LogP contribution is 2.22. The van der Waals surface area contributed by atoms with E-state index in [-0.39, 0.29) is 23.5 Å². The number of benzene rings is 3. The summed E-state index contributed by atoms with van der Waals surface area (Å²) in [6.45, 7) is 0.182. The highest BCUT2D eigenvalue weighted by molar-refractivity contribution is 6.35. The van der Waals surface area contributed by atoms with Crippen LogP contribution in [0.4, 0.5) is 5.69 Å². The summed E-state index contributed by atoms with van der Waals surface area (Å²) < 4.78 is 5.29. The van der Waals surface area contributed by atoms with Crippen molar-refractivity contribution in [2.45, 2.75) is 6.54 Å². The predicted octanol–water partition coefficient (Wildman–Crippen LogP) is 2.58. The van der Waals surface area contributed by atoms with Gasteiger partial charge in [0.2, 0.25) is 0 Å². The van der Waals surface area contributed by atoms with Crippen molar-refractivity contribution in [1.29, 1.82) is 0 Å². The lowest BCUT2D eigenvalue weighted by atomic mass is 10.2. The summed E-state index contributed by atoms with van der Waals surface area (Å²) in [7, 11) is 0. The molecule has 166 valence electrons. The Hall–Kier alpha value is -4.86. The molecule has 0 heterocycles. The molecule has 0 unspecified atom stereocenters. The second-order valence-corrected chi connectivity index (χ2v) is 6.57. The fourth-order valence-corrected chi connectivity index (χ4v) is 2.71. The Morgan fingerprint density at radius 2 is 1.58 bits per heavy atom. The molecule has 0 aliphatic carbocycles. The average Bonchev–Trinajstić information content (AvgIpc) is 2.84. The van der Waals surface area contributed by atoms with Crippen molar-refractivity contribution in [3.63, 3.8) is 0 Å². The van der Waals surface area contributed by atoms with Gasteiger partial charge in [-0.3, -0.25) is 19.7 Å². The van der Waals surface area contributed by atoms with E-state index in [0.717, 1.165) is 5.56 Å². The number of esters is 1. The van der Waals surface area contributed by atoms with Gasteiger partial charge in [-0.25, -0.2) is 10.2 Å². The molecule has 0 aliphatic rings. The summed E-state index contributed by atoms with van der Waals surface area (Å²) in [6, 6.07) is 20.7. The van der Waals surface area contributed by atoms with Crippen LogP contribution in [0.2, 0.25) is 0 Å². The molecule has 0 aromatic heterocycles. The lowest BCUT2D eigenvalue weighted by Gasteiger charge is -2.07. The number of hydrazone groups is 1. The van der Waals surface area contributed by atoms with Crippen molar-refractivity contribution in [2.75, 3.05) is 0 Å². The van der Waals surface area contributed by atoms with Gasteiger partial charge in [0.25, 0.3) is 5.69 Å². The molecule has 2 amide bonds.